The molecule has 2 aromatic rings. The molecule has 1 fully saturated rings. The molecule has 0 unspecified atom stereocenters. The van der Waals surface area contributed by atoms with Gasteiger partial charge in [-0.1, -0.05) is 0 Å². The lowest BCUT2D eigenvalue weighted by molar-refractivity contribution is 0.288. The van der Waals surface area contributed by atoms with Crippen LogP contribution in [0.3, 0.4) is 0 Å². The van der Waals surface area contributed by atoms with Crippen LogP contribution in [0.1, 0.15) is 0 Å². The van der Waals surface area contributed by atoms with Crippen LogP contribution in [0.15, 0.2) is 18.2 Å². The molecule has 1 aromatic heterocycles. The van der Waals surface area contributed by atoms with E-state index in [0.717, 1.165) is 47.7 Å². The van der Waals surface area contributed by atoms with Crippen molar-refractivity contribution in [1.82, 2.24) is 14.6 Å². The molecule has 0 atom stereocenters. The standard InChI is InChI=1S/C13H18N4OS/c1-15-5-7-16(8-6-15)17-12-4-3-10(18-2)9-11(12)14-13(17)19/h3-4,9H,5-8H2,1-2H3,(H,14,19). The van der Waals surface area contributed by atoms with Crippen LogP contribution in [0.2, 0.25) is 0 Å². The molecule has 1 aliphatic heterocycles. The quantitative estimate of drug-likeness (QED) is 0.847. The second-order valence-corrected chi connectivity index (χ2v) is 5.27. The first-order valence-electron chi connectivity index (χ1n) is 6.41. The Hall–Kier alpha value is -1.53. The van der Waals surface area contributed by atoms with Crippen LogP contribution in [0.25, 0.3) is 11.0 Å². The van der Waals surface area contributed by atoms with Crippen LogP contribution in [0.5, 0.6) is 5.75 Å². The number of nitrogens with one attached hydrogen (secondary N) is 1. The van der Waals surface area contributed by atoms with Crippen molar-refractivity contribution < 1.29 is 4.74 Å². The SMILES string of the molecule is COc1ccc2c(c1)[nH]c(=S)n2N1CCN(C)CC1. The van der Waals surface area contributed by atoms with Crippen LogP contribution in [0.4, 0.5) is 0 Å². The average molecular weight is 278 g/mol. The van der Waals surface area contributed by atoms with Crippen molar-refractivity contribution in [2.24, 2.45) is 0 Å². The number of imidazole rings is 1. The van der Waals surface area contributed by atoms with E-state index < -0.39 is 0 Å². The number of benzene rings is 1. The maximum absolute atomic E-state index is 5.45. The van der Waals surface area contributed by atoms with Gasteiger partial charge in [0.2, 0.25) is 0 Å². The maximum atomic E-state index is 5.45. The molecule has 0 radical (unpaired) electrons. The second kappa shape index (κ2) is 4.86. The minimum absolute atomic E-state index is 0.743. The van der Waals surface area contributed by atoms with E-state index in [9.17, 15) is 0 Å². The lowest BCUT2D eigenvalue weighted by Gasteiger charge is -2.34. The van der Waals surface area contributed by atoms with Crippen molar-refractivity contribution in [3.05, 3.63) is 23.0 Å². The second-order valence-electron chi connectivity index (χ2n) is 4.88. The first-order valence-corrected chi connectivity index (χ1v) is 6.82. The third-order valence-electron chi connectivity index (χ3n) is 3.63. The molecular weight excluding hydrogens is 260 g/mol. The molecule has 1 saturated heterocycles. The molecule has 0 bridgehead atoms. The summed E-state index contributed by atoms with van der Waals surface area (Å²) >= 11 is 5.45. The molecule has 1 aliphatic rings. The summed E-state index contributed by atoms with van der Waals surface area (Å²) in [7, 11) is 3.82. The molecular formula is C13H18N4OS. The number of nitrogens with zero attached hydrogens (tertiary/aromatic N) is 3. The fourth-order valence-corrected chi connectivity index (χ4v) is 2.80. The van der Waals surface area contributed by atoms with E-state index in [1.165, 1.54) is 0 Å². The molecule has 0 saturated carbocycles. The van der Waals surface area contributed by atoms with Gasteiger partial charge in [-0.25, -0.2) is 4.68 Å². The van der Waals surface area contributed by atoms with Crippen molar-refractivity contribution in [1.29, 1.82) is 0 Å². The van der Waals surface area contributed by atoms with E-state index in [4.69, 9.17) is 17.0 Å². The van der Waals surface area contributed by atoms with Gasteiger partial charge in [0.25, 0.3) is 0 Å². The van der Waals surface area contributed by atoms with Gasteiger partial charge in [-0.05, 0) is 31.4 Å². The van der Waals surface area contributed by atoms with Crippen LogP contribution < -0.4 is 9.75 Å². The summed E-state index contributed by atoms with van der Waals surface area (Å²) in [5.74, 6) is 0.842. The first kappa shape index (κ1) is 12.5. The molecule has 19 heavy (non-hydrogen) atoms. The number of rotatable bonds is 2. The zero-order chi connectivity index (χ0) is 13.4. The van der Waals surface area contributed by atoms with E-state index in [2.05, 4.69) is 32.7 Å². The van der Waals surface area contributed by atoms with Crippen molar-refractivity contribution in [2.45, 2.75) is 0 Å². The Labute approximate surface area is 117 Å². The molecule has 6 heteroatoms. The Morgan fingerprint density at radius 3 is 2.63 bits per heavy atom. The van der Waals surface area contributed by atoms with E-state index in [-0.39, 0.29) is 0 Å². The molecule has 0 amide bonds. The van der Waals surface area contributed by atoms with Crippen LogP contribution in [-0.2, 0) is 0 Å². The molecule has 0 aliphatic carbocycles. The largest absolute Gasteiger partial charge is 0.497 e. The predicted molar refractivity (Wildman–Crippen MR) is 79.1 cm³/mol. The molecule has 5 nitrogen and oxygen atoms in total. The number of aromatic amines is 1. The van der Waals surface area contributed by atoms with Gasteiger partial charge in [-0.3, -0.25) is 0 Å². The Morgan fingerprint density at radius 2 is 1.95 bits per heavy atom. The summed E-state index contributed by atoms with van der Waals surface area (Å²) in [5.41, 5.74) is 2.12. The summed E-state index contributed by atoms with van der Waals surface area (Å²) in [6.45, 7) is 4.10. The van der Waals surface area contributed by atoms with Gasteiger partial charge >= 0.3 is 0 Å². The summed E-state index contributed by atoms with van der Waals surface area (Å²) in [4.78, 5) is 5.58. The Morgan fingerprint density at radius 1 is 1.21 bits per heavy atom. The highest BCUT2D eigenvalue weighted by atomic mass is 32.1. The van der Waals surface area contributed by atoms with E-state index in [1.807, 2.05) is 12.1 Å². The van der Waals surface area contributed by atoms with Gasteiger partial charge in [0.1, 0.15) is 5.75 Å². The number of likely N-dealkylation sites (N-methyl/N-ethyl adjacent to an activating group) is 1. The van der Waals surface area contributed by atoms with E-state index >= 15 is 0 Å². The average Bonchev–Trinajstić information content (AvgIpc) is 2.74. The molecule has 102 valence electrons. The van der Waals surface area contributed by atoms with Gasteiger partial charge in [0.15, 0.2) is 4.77 Å². The number of hydrogen-bond acceptors (Lipinski definition) is 4. The van der Waals surface area contributed by atoms with Crippen LogP contribution >= 0.6 is 12.2 Å². The predicted octanol–water partition coefficient (Wildman–Crippen LogP) is 1.59. The lowest BCUT2D eigenvalue weighted by atomic mass is 10.3. The zero-order valence-electron chi connectivity index (χ0n) is 11.2. The van der Waals surface area contributed by atoms with Crippen molar-refractivity contribution in [3.63, 3.8) is 0 Å². The highest BCUT2D eigenvalue weighted by Crippen LogP contribution is 2.21. The summed E-state index contributed by atoms with van der Waals surface area (Å²) in [5, 5.41) is 2.30. The Bertz CT molecular complexity index is 640. The monoisotopic (exact) mass is 278 g/mol. The maximum Gasteiger partial charge on any atom is 0.197 e. The number of methoxy groups -OCH3 is 1. The fraction of sp³-hybridized carbons (Fsp3) is 0.462. The molecule has 3 rings (SSSR count). The number of H-pyrrole nitrogens is 1. The van der Waals surface area contributed by atoms with E-state index in [1.54, 1.807) is 7.11 Å². The number of fused-ring (bicyclic) bond motifs is 1. The number of hydrogen-bond donors (Lipinski definition) is 1. The minimum Gasteiger partial charge on any atom is -0.497 e. The van der Waals surface area contributed by atoms with Gasteiger partial charge in [0, 0.05) is 32.2 Å². The highest BCUT2D eigenvalue weighted by molar-refractivity contribution is 7.71. The summed E-state index contributed by atoms with van der Waals surface area (Å²) in [6.07, 6.45) is 0. The van der Waals surface area contributed by atoms with Gasteiger partial charge in [0.05, 0.1) is 18.1 Å². The third-order valence-corrected chi connectivity index (χ3v) is 3.90. The van der Waals surface area contributed by atoms with Crippen molar-refractivity contribution >= 4 is 23.3 Å². The minimum atomic E-state index is 0.743. The van der Waals surface area contributed by atoms with Gasteiger partial charge < -0.3 is 19.6 Å². The molecule has 2 heterocycles. The van der Waals surface area contributed by atoms with Crippen molar-refractivity contribution in [2.75, 3.05) is 45.3 Å². The molecule has 1 N–H and O–H groups in total. The molecule has 1 aromatic carbocycles. The zero-order valence-corrected chi connectivity index (χ0v) is 12.0. The van der Waals surface area contributed by atoms with E-state index in [0.29, 0.717) is 0 Å². The van der Waals surface area contributed by atoms with Crippen molar-refractivity contribution in [3.8, 4) is 5.75 Å². The number of aromatic nitrogens is 2. The normalized spacial score (nSPS) is 17.1. The molecule has 0 spiro atoms. The number of piperazine rings is 1. The van der Waals surface area contributed by atoms with Gasteiger partial charge in [-0.2, -0.15) is 0 Å². The topological polar surface area (TPSA) is 36.4 Å². The van der Waals surface area contributed by atoms with Gasteiger partial charge in [-0.15, -0.1) is 0 Å². The fourth-order valence-electron chi connectivity index (χ4n) is 2.48. The smallest absolute Gasteiger partial charge is 0.197 e. The third kappa shape index (κ3) is 2.21. The summed E-state index contributed by atoms with van der Waals surface area (Å²) < 4.78 is 8.10. The Balaban J connectivity index is 2.03. The van der Waals surface area contributed by atoms with Crippen LogP contribution in [-0.4, -0.2) is 54.9 Å². The van der Waals surface area contributed by atoms with Crippen LogP contribution in [0, 0.1) is 4.77 Å². The number of ether oxygens (including phenoxy) is 1. The Kier molecular flexibility index (Phi) is 3.20. The highest BCUT2D eigenvalue weighted by Gasteiger charge is 2.17. The lowest BCUT2D eigenvalue weighted by Crippen LogP contribution is -2.49. The first-order chi connectivity index (χ1) is 9.19. The summed E-state index contributed by atoms with van der Waals surface area (Å²) in [6, 6.07) is 6.01.